The van der Waals surface area contributed by atoms with Crippen molar-refractivity contribution in [2.24, 2.45) is 0 Å². The molecule has 0 aromatic heterocycles. The zero-order valence-electron chi connectivity index (χ0n) is 13.0. The molecule has 0 saturated carbocycles. The summed E-state index contributed by atoms with van der Waals surface area (Å²) in [6, 6.07) is 12.9. The van der Waals surface area contributed by atoms with E-state index in [9.17, 15) is 0 Å². The van der Waals surface area contributed by atoms with Crippen molar-refractivity contribution in [1.82, 2.24) is 0 Å². The molecular weight excluding hydrogens is 309 g/mol. The molecule has 1 fully saturated rings. The number of rotatable bonds is 2. The molecule has 0 bridgehead atoms. The molecule has 3 rings (SSSR count). The molecule has 2 aromatic rings. The van der Waals surface area contributed by atoms with Gasteiger partial charge >= 0.3 is 0 Å². The zero-order chi connectivity index (χ0) is 15.7. The second-order valence-corrected chi connectivity index (χ2v) is 7.25. The van der Waals surface area contributed by atoms with Crippen molar-refractivity contribution in [3.8, 4) is 11.1 Å². The van der Waals surface area contributed by atoms with E-state index < -0.39 is 0 Å². The molecule has 1 aliphatic rings. The molecule has 0 spiro atoms. The third-order valence-electron chi connectivity index (χ3n) is 4.07. The maximum absolute atomic E-state index is 5.75. The molecule has 2 nitrogen and oxygen atoms in total. The molecular formula is C17H21BO2P2. The molecule has 1 aliphatic heterocycles. The van der Waals surface area contributed by atoms with Gasteiger partial charge in [-0.15, -0.1) is 18.5 Å². The van der Waals surface area contributed by atoms with E-state index >= 15 is 0 Å². The van der Waals surface area contributed by atoms with E-state index in [-0.39, 0.29) is 6.29 Å². The van der Waals surface area contributed by atoms with Gasteiger partial charge in [-0.05, 0) is 52.2 Å². The SMILES string of the molecule is BC1COC(c2ccc(-c3cc(P)c(C)c(P)c3)cc2)OC1. The Balaban J connectivity index is 1.82. The molecule has 2 aromatic carbocycles. The monoisotopic (exact) mass is 330 g/mol. The van der Waals surface area contributed by atoms with Crippen LogP contribution in [0.1, 0.15) is 17.4 Å². The van der Waals surface area contributed by atoms with Gasteiger partial charge < -0.3 is 9.47 Å². The predicted octanol–water partition coefficient (Wildman–Crippen LogP) is 2.13. The van der Waals surface area contributed by atoms with Crippen LogP contribution in [-0.2, 0) is 9.47 Å². The van der Waals surface area contributed by atoms with Crippen LogP contribution in [0.5, 0.6) is 0 Å². The van der Waals surface area contributed by atoms with Crippen LogP contribution in [0.25, 0.3) is 11.1 Å². The Kier molecular flexibility index (Phi) is 5.00. The first-order valence-corrected chi connectivity index (χ1v) is 8.69. The Morgan fingerprint density at radius 2 is 1.50 bits per heavy atom. The van der Waals surface area contributed by atoms with Crippen molar-refractivity contribution in [3.05, 3.63) is 47.5 Å². The largest absolute Gasteiger partial charge is 0.349 e. The molecule has 2 atom stereocenters. The van der Waals surface area contributed by atoms with Gasteiger partial charge in [0, 0.05) is 18.8 Å². The molecule has 0 aliphatic carbocycles. The highest BCUT2D eigenvalue weighted by Gasteiger charge is 2.20. The van der Waals surface area contributed by atoms with Crippen LogP contribution in [-0.4, -0.2) is 21.1 Å². The Hall–Kier alpha value is -0.715. The lowest BCUT2D eigenvalue weighted by Crippen LogP contribution is -2.23. The molecule has 1 heterocycles. The Bertz CT molecular complexity index is 642. The van der Waals surface area contributed by atoms with Gasteiger partial charge in [0.25, 0.3) is 0 Å². The van der Waals surface area contributed by atoms with Crippen molar-refractivity contribution in [1.29, 1.82) is 0 Å². The van der Waals surface area contributed by atoms with E-state index in [0.29, 0.717) is 5.82 Å². The Labute approximate surface area is 137 Å². The smallest absolute Gasteiger partial charge is 0.183 e. The summed E-state index contributed by atoms with van der Waals surface area (Å²) in [5.41, 5.74) is 4.82. The summed E-state index contributed by atoms with van der Waals surface area (Å²) in [6.07, 6.45) is -0.224. The standard InChI is InChI=1S/C17H21BO2P2/c1-10-15(21)6-13(7-16(10)22)11-2-4-12(5-3-11)17-19-8-14(18)9-20-17/h2-7,14,17H,8-9,18,21-22H2,1H3. The van der Waals surface area contributed by atoms with Gasteiger partial charge in [0.05, 0.1) is 0 Å². The molecule has 0 radical (unpaired) electrons. The van der Waals surface area contributed by atoms with Crippen molar-refractivity contribution in [2.75, 3.05) is 13.2 Å². The van der Waals surface area contributed by atoms with Gasteiger partial charge in [-0.1, -0.05) is 24.3 Å². The van der Waals surface area contributed by atoms with Crippen LogP contribution in [0, 0.1) is 6.92 Å². The fourth-order valence-corrected chi connectivity index (χ4v) is 3.41. The highest BCUT2D eigenvalue weighted by atomic mass is 31.0. The summed E-state index contributed by atoms with van der Waals surface area (Å²) in [6.45, 7) is 3.66. The first kappa shape index (κ1) is 16.2. The normalized spacial score (nSPS) is 21.8. The van der Waals surface area contributed by atoms with Gasteiger partial charge in [-0.25, -0.2) is 0 Å². The molecule has 114 valence electrons. The number of benzene rings is 2. The van der Waals surface area contributed by atoms with Crippen LogP contribution >= 0.6 is 18.5 Å². The van der Waals surface area contributed by atoms with Crippen molar-refractivity contribution < 1.29 is 9.47 Å². The van der Waals surface area contributed by atoms with E-state index in [1.807, 2.05) is 0 Å². The van der Waals surface area contributed by atoms with Gasteiger partial charge in [-0.2, -0.15) is 0 Å². The number of ether oxygens (including phenoxy) is 2. The van der Waals surface area contributed by atoms with E-state index in [1.165, 1.54) is 27.3 Å². The third-order valence-corrected chi connectivity index (χ3v) is 5.27. The van der Waals surface area contributed by atoms with Crippen molar-refractivity contribution in [2.45, 2.75) is 19.0 Å². The number of hydrogen-bond acceptors (Lipinski definition) is 2. The van der Waals surface area contributed by atoms with Gasteiger partial charge in [0.15, 0.2) is 6.29 Å². The van der Waals surface area contributed by atoms with Gasteiger partial charge in [0.2, 0.25) is 0 Å². The first-order chi connectivity index (χ1) is 10.5. The summed E-state index contributed by atoms with van der Waals surface area (Å²) in [4.78, 5) is 0. The fraction of sp³-hybridized carbons (Fsp3) is 0.294. The molecule has 2 unspecified atom stereocenters. The van der Waals surface area contributed by atoms with Crippen LogP contribution < -0.4 is 10.6 Å². The first-order valence-electron chi connectivity index (χ1n) is 7.53. The maximum atomic E-state index is 5.75. The van der Waals surface area contributed by atoms with Gasteiger partial charge in [-0.3, -0.25) is 0 Å². The second-order valence-electron chi connectivity index (χ2n) is 6.01. The molecule has 0 amide bonds. The minimum absolute atomic E-state index is 0.224. The summed E-state index contributed by atoms with van der Waals surface area (Å²) in [5, 5.41) is 2.47. The lowest BCUT2D eigenvalue weighted by atomic mass is 9.89. The quantitative estimate of drug-likeness (QED) is 0.620. The Morgan fingerprint density at radius 1 is 0.955 bits per heavy atom. The minimum atomic E-state index is -0.224. The summed E-state index contributed by atoms with van der Waals surface area (Å²) in [5.74, 6) is 0.476. The minimum Gasteiger partial charge on any atom is -0.349 e. The third kappa shape index (κ3) is 3.44. The summed E-state index contributed by atoms with van der Waals surface area (Å²) in [7, 11) is 7.76. The predicted molar refractivity (Wildman–Crippen MR) is 102 cm³/mol. The average molecular weight is 330 g/mol. The molecule has 5 heteroatoms. The second kappa shape index (κ2) is 6.81. The van der Waals surface area contributed by atoms with Crippen molar-refractivity contribution in [3.63, 3.8) is 0 Å². The molecule has 22 heavy (non-hydrogen) atoms. The van der Waals surface area contributed by atoms with Gasteiger partial charge in [0.1, 0.15) is 7.85 Å². The van der Waals surface area contributed by atoms with E-state index in [1.54, 1.807) is 0 Å². The summed E-state index contributed by atoms with van der Waals surface area (Å²) < 4.78 is 11.5. The maximum Gasteiger partial charge on any atom is 0.183 e. The van der Waals surface area contributed by atoms with E-state index in [4.69, 9.17) is 9.47 Å². The highest BCUT2D eigenvalue weighted by molar-refractivity contribution is 7.29. The fourth-order valence-electron chi connectivity index (χ4n) is 2.55. The van der Waals surface area contributed by atoms with E-state index in [2.05, 4.69) is 69.6 Å². The lowest BCUT2D eigenvalue weighted by Gasteiger charge is -2.27. The van der Waals surface area contributed by atoms with Crippen LogP contribution in [0.4, 0.5) is 0 Å². The van der Waals surface area contributed by atoms with Crippen molar-refractivity contribution >= 4 is 36.9 Å². The highest BCUT2D eigenvalue weighted by Crippen LogP contribution is 2.28. The molecule has 0 N–H and O–H groups in total. The average Bonchev–Trinajstić information content (AvgIpc) is 2.53. The number of hydrogen-bond donors (Lipinski definition) is 0. The zero-order valence-corrected chi connectivity index (χ0v) is 15.3. The van der Waals surface area contributed by atoms with E-state index in [0.717, 1.165) is 18.8 Å². The van der Waals surface area contributed by atoms with Crippen LogP contribution in [0.15, 0.2) is 36.4 Å². The Morgan fingerprint density at radius 3 is 2.05 bits per heavy atom. The van der Waals surface area contributed by atoms with Crippen LogP contribution in [0.3, 0.4) is 0 Å². The topological polar surface area (TPSA) is 18.5 Å². The summed E-state index contributed by atoms with van der Waals surface area (Å²) >= 11 is 0. The molecule has 1 saturated heterocycles. The van der Waals surface area contributed by atoms with Crippen LogP contribution in [0.2, 0.25) is 5.82 Å². The lowest BCUT2D eigenvalue weighted by molar-refractivity contribution is -0.182.